The van der Waals surface area contributed by atoms with E-state index in [4.69, 9.17) is 4.74 Å². The number of halogens is 3. The Hall–Kier alpha value is -0.980. The van der Waals surface area contributed by atoms with Crippen molar-refractivity contribution in [3.05, 3.63) is 0 Å². The molecule has 1 unspecified atom stereocenters. The largest absolute Gasteiger partial charge is 0.459 e. The van der Waals surface area contributed by atoms with Gasteiger partial charge in [0.2, 0.25) is 0 Å². The van der Waals surface area contributed by atoms with Gasteiger partial charge in [-0.15, -0.1) is 0 Å². The van der Waals surface area contributed by atoms with Crippen LogP contribution in [0.15, 0.2) is 0 Å². The average Bonchev–Trinajstić information content (AvgIpc) is 2.47. The number of ether oxygens (including phenoxy) is 1. The Bertz CT molecular complexity index is 286. The molecule has 1 fully saturated rings. The number of nitrogens with one attached hydrogen (secondary N) is 1. The molecule has 17 heavy (non-hydrogen) atoms. The van der Waals surface area contributed by atoms with Crippen LogP contribution in [0.5, 0.6) is 0 Å². The predicted octanol–water partition coefficient (Wildman–Crippen LogP) is 2.11. The summed E-state index contributed by atoms with van der Waals surface area (Å²) in [7, 11) is 0. The van der Waals surface area contributed by atoms with Crippen molar-refractivity contribution in [2.45, 2.75) is 45.1 Å². The van der Waals surface area contributed by atoms with E-state index in [1.54, 1.807) is 20.8 Å². The number of alkyl carbamates (subject to hydrolysis) is 1. The zero-order valence-corrected chi connectivity index (χ0v) is 10.1. The van der Waals surface area contributed by atoms with Gasteiger partial charge in [-0.25, -0.2) is 9.69 Å². The van der Waals surface area contributed by atoms with Crippen LogP contribution in [0.4, 0.5) is 18.0 Å². The normalized spacial score (nSPS) is 22.6. The number of alkyl halides is 3. The highest BCUT2D eigenvalue weighted by atomic mass is 19.4. The number of carbonyl (C=O) groups is 1. The van der Waals surface area contributed by atoms with Crippen LogP contribution in [-0.2, 0) is 4.74 Å². The molecule has 0 aromatic rings. The summed E-state index contributed by atoms with van der Waals surface area (Å²) in [5.74, 6) is 0. The first-order valence-corrected chi connectivity index (χ1v) is 5.39. The summed E-state index contributed by atoms with van der Waals surface area (Å²) < 4.78 is 41.9. The van der Waals surface area contributed by atoms with Gasteiger partial charge in [0.05, 0.1) is 0 Å². The van der Waals surface area contributed by atoms with Crippen LogP contribution in [-0.4, -0.2) is 42.0 Å². The minimum atomic E-state index is -4.33. The minimum absolute atomic E-state index is 0.0933. The highest BCUT2D eigenvalue weighted by Gasteiger charge is 2.42. The van der Waals surface area contributed by atoms with Crippen molar-refractivity contribution in [1.82, 2.24) is 10.2 Å². The smallest absolute Gasteiger partial charge is 0.444 e. The van der Waals surface area contributed by atoms with Gasteiger partial charge in [-0.05, 0) is 27.2 Å². The number of hydrogen-bond acceptors (Lipinski definition) is 3. The topological polar surface area (TPSA) is 41.6 Å². The van der Waals surface area contributed by atoms with E-state index in [1.807, 2.05) is 0 Å². The van der Waals surface area contributed by atoms with Gasteiger partial charge >= 0.3 is 12.4 Å². The van der Waals surface area contributed by atoms with Crippen molar-refractivity contribution >= 4 is 6.09 Å². The number of carbonyl (C=O) groups excluding carboxylic acids is 1. The van der Waals surface area contributed by atoms with Crippen molar-refractivity contribution in [2.75, 3.05) is 13.1 Å². The quantitative estimate of drug-likeness (QED) is 0.729. The number of likely N-dealkylation sites (tertiary alicyclic amines) is 1. The molecule has 0 radical (unpaired) electrons. The predicted molar refractivity (Wildman–Crippen MR) is 55.4 cm³/mol. The molecule has 1 amide bonds. The number of hydrogen-bond donors (Lipinski definition) is 1. The fourth-order valence-corrected chi connectivity index (χ4v) is 1.58. The molecule has 0 spiro atoms. The van der Waals surface area contributed by atoms with Gasteiger partial charge in [0, 0.05) is 19.1 Å². The second-order valence-corrected chi connectivity index (χ2v) is 5.05. The average molecular weight is 254 g/mol. The van der Waals surface area contributed by atoms with Crippen LogP contribution < -0.4 is 5.32 Å². The molecule has 1 saturated heterocycles. The first-order chi connectivity index (χ1) is 7.58. The number of rotatable bonds is 1. The third-order valence-corrected chi connectivity index (χ3v) is 2.27. The summed E-state index contributed by atoms with van der Waals surface area (Å²) in [5, 5.41) is 2.43. The van der Waals surface area contributed by atoms with E-state index >= 15 is 0 Å². The van der Waals surface area contributed by atoms with Gasteiger partial charge in [0.25, 0.3) is 0 Å². The number of amides is 1. The van der Waals surface area contributed by atoms with Crippen LogP contribution >= 0.6 is 0 Å². The molecule has 1 aliphatic heterocycles. The molecule has 0 aromatic heterocycles. The first-order valence-electron chi connectivity index (χ1n) is 5.39. The zero-order valence-electron chi connectivity index (χ0n) is 10.1. The monoisotopic (exact) mass is 254 g/mol. The van der Waals surface area contributed by atoms with Gasteiger partial charge in [-0.3, -0.25) is 0 Å². The summed E-state index contributed by atoms with van der Waals surface area (Å²) in [6, 6.07) is -0.508. The molecule has 1 N–H and O–H groups in total. The summed E-state index contributed by atoms with van der Waals surface area (Å²) in [6.45, 7) is 4.78. The van der Waals surface area contributed by atoms with E-state index < -0.39 is 24.0 Å². The van der Waals surface area contributed by atoms with Crippen LogP contribution in [0.1, 0.15) is 27.2 Å². The SMILES string of the molecule is CC(C)(C)OC(=O)NC1CCN(C(F)(F)F)C1. The van der Waals surface area contributed by atoms with Crippen LogP contribution in [0, 0.1) is 0 Å². The molecule has 1 rings (SSSR count). The molecule has 100 valence electrons. The van der Waals surface area contributed by atoms with E-state index in [-0.39, 0.29) is 19.5 Å². The summed E-state index contributed by atoms with van der Waals surface area (Å²) in [4.78, 5) is 11.7. The second-order valence-electron chi connectivity index (χ2n) is 5.05. The summed E-state index contributed by atoms with van der Waals surface area (Å²) in [5.41, 5.74) is -0.646. The molecule has 1 atom stereocenters. The fraction of sp³-hybridized carbons (Fsp3) is 0.900. The van der Waals surface area contributed by atoms with Crippen LogP contribution in [0.2, 0.25) is 0 Å². The molecule has 1 aliphatic rings. The molecule has 7 heteroatoms. The Labute approximate surface area is 98.1 Å². The lowest BCUT2D eigenvalue weighted by atomic mass is 10.2. The van der Waals surface area contributed by atoms with E-state index in [2.05, 4.69) is 5.32 Å². The summed E-state index contributed by atoms with van der Waals surface area (Å²) >= 11 is 0. The molecule has 4 nitrogen and oxygen atoms in total. The van der Waals surface area contributed by atoms with Gasteiger partial charge in [0.15, 0.2) is 0 Å². The van der Waals surface area contributed by atoms with E-state index in [0.29, 0.717) is 4.90 Å². The molecule has 0 saturated carbocycles. The Morgan fingerprint density at radius 1 is 1.35 bits per heavy atom. The van der Waals surface area contributed by atoms with E-state index in [0.717, 1.165) is 0 Å². The standard InChI is InChI=1S/C10H17F3N2O2/c1-9(2,3)17-8(16)14-7-4-5-15(6-7)10(11,12)13/h7H,4-6H2,1-3H3,(H,14,16). The maximum absolute atomic E-state index is 12.3. The Balaban J connectivity index is 2.38. The van der Waals surface area contributed by atoms with Crippen LogP contribution in [0.3, 0.4) is 0 Å². The lowest BCUT2D eigenvalue weighted by Crippen LogP contribution is -2.43. The summed E-state index contributed by atoms with van der Waals surface area (Å²) in [6.07, 6.45) is -4.73. The third kappa shape index (κ3) is 4.80. The first kappa shape index (κ1) is 14.1. The fourth-order valence-electron chi connectivity index (χ4n) is 1.58. The van der Waals surface area contributed by atoms with Crippen molar-refractivity contribution in [2.24, 2.45) is 0 Å². The van der Waals surface area contributed by atoms with Gasteiger partial charge in [-0.1, -0.05) is 0 Å². The Kier molecular flexibility index (Phi) is 3.91. The van der Waals surface area contributed by atoms with Crippen molar-refractivity contribution in [1.29, 1.82) is 0 Å². The third-order valence-electron chi connectivity index (χ3n) is 2.27. The number of nitrogens with zero attached hydrogens (tertiary/aromatic N) is 1. The van der Waals surface area contributed by atoms with Crippen LogP contribution in [0.25, 0.3) is 0 Å². The molecule has 0 bridgehead atoms. The van der Waals surface area contributed by atoms with E-state index in [1.165, 1.54) is 0 Å². The van der Waals surface area contributed by atoms with Gasteiger partial charge in [0.1, 0.15) is 5.60 Å². The second kappa shape index (κ2) is 4.72. The highest BCUT2D eigenvalue weighted by Crippen LogP contribution is 2.25. The Morgan fingerprint density at radius 3 is 2.35 bits per heavy atom. The van der Waals surface area contributed by atoms with Gasteiger partial charge < -0.3 is 10.1 Å². The zero-order chi connectivity index (χ0) is 13.3. The van der Waals surface area contributed by atoms with Crippen molar-refractivity contribution in [3.63, 3.8) is 0 Å². The Morgan fingerprint density at radius 2 is 1.94 bits per heavy atom. The highest BCUT2D eigenvalue weighted by molar-refractivity contribution is 5.68. The van der Waals surface area contributed by atoms with Crippen molar-refractivity contribution in [3.8, 4) is 0 Å². The lowest BCUT2D eigenvalue weighted by molar-refractivity contribution is -0.238. The molecular weight excluding hydrogens is 237 g/mol. The maximum atomic E-state index is 12.3. The van der Waals surface area contributed by atoms with Crippen molar-refractivity contribution < 1.29 is 22.7 Å². The van der Waals surface area contributed by atoms with Gasteiger partial charge in [-0.2, -0.15) is 13.2 Å². The molecule has 0 aromatic carbocycles. The molecule has 0 aliphatic carbocycles. The molecule has 1 heterocycles. The van der Waals surface area contributed by atoms with E-state index in [9.17, 15) is 18.0 Å². The lowest BCUT2D eigenvalue weighted by Gasteiger charge is -2.22. The minimum Gasteiger partial charge on any atom is -0.444 e. The molecular formula is C10H17F3N2O2. The maximum Gasteiger partial charge on any atom is 0.459 e.